The second-order valence-corrected chi connectivity index (χ2v) is 6.69. The molecule has 106 valence electrons. The molecule has 0 saturated heterocycles. The number of benzene rings is 2. The lowest BCUT2D eigenvalue weighted by Crippen LogP contribution is -1.97. The van der Waals surface area contributed by atoms with Crippen molar-refractivity contribution in [2.45, 2.75) is 44.9 Å². The van der Waals surface area contributed by atoms with E-state index < -0.39 is 0 Å². The van der Waals surface area contributed by atoms with E-state index in [0.29, 0.717) is 4.83 Å². The first kappa shape index (κ1) is 15.3. The van der Waals surface area contributed by atoms with Crippen molar-refractivity contribution in [2.24, 2.45) is 0 Å². The van der Waals surface area contributed by atoms with Gasteiger partial charge < -0.3 is 0 Å². The average molecular weight is 331 g/mol. The van der Waals surface area contributed by atoms with Crippen LogP contribution < -0.4 is 0 Å². The Kier molecular flexibility index (Phi) is 5.42. The van der Waals surface area contributed by atoms with E-state index in [2.05, 4.69) is 79.2 Å². The van der Waals surface area contributed by atoms with Crippen LogP contribution in [0.2, 0.25) is 0 Å². The van der Waals surface area contributed by atoms with Gasteiger partial charge in [-0.05, 0) is 54.5 Å². The zero-order valence-corrected chi connectivity index (χ0v) is 14.2. The van der Waals surface area contributed by atoms with Crippen molar-refractivity contribution in [1.82, 2.24) is 0 Å². The minimum absolute atomic E-state index is 0.389. The van der Waals surface area contributed by atoms with Gasteiger partial charge in [-0.2, -0.15) is 0 Å². The zero-order valence-electron chi connectivity index (χ0n) is 12.6. The summed E-state index contributed by atoms with van der Waals surface area (Å²) in [4.78, 5) is 0.389. The van der Waals surface area contributed by atoms with Crippen LogP contribution in [-0.4, -0.2) is 0 Å². The molecule has 0 aromatic heterocycles. The lowest BCUT2D eigenvalue weighted by Gasteiger charge is -2.12. The highest BCUT2D eigenvalue weighted by atomic mass is 79.9. The van der Waals surface area contributed by atoms with Crippen molar-refractivity contribution in [3.63, 3.8) is 0 Å². The maximum Gasteiger partial charge on any atom is 0.0435 e. The Bertz CT molecular complexity index is 554. The molecule has 0 fully saturated rings. The lowest BCUT2D eigenvalue weighted by molar-refractivity contribution is 0.912. The van der Waals surface area contributed by atoms with E-state index >= 15 is 0 Å². The minimum atomic E-state index is 0.389. The second kappa shape index (κ2) is 7.08. The summed E-state index contributed by atoms with van der Waals surface area (Å²) in [5.74, 6) is 0. The lowest BCUT2D eigenvalue weighted by atomic mass is 9.99. The molecule has 0 saturated carbocycles. The highest BCUT2D eigenvalue weighted by Gasteiger charge is 2.09. The number of aryl methyl sites for hydroxylation is 3. The van der Waals surface area contributed by atoms with E-state index in [9.17, 15) is 0 Å². The smallest absolute Gasteiger partial charge is 0.0435 e. The summed E-state index contributed by atoms with van der Waals surface area (Å²) >= 11 is 3.83. The molecule has 0 bridgehead atoms. The molecule has 0 nitrogen and oxygen atoms in total. The Morgan fingerprint density at radius 1 is 0.900 bits per heavy atom. The van der Waals surface area contributed by atoms with E-state index in [4.69, 9.17) is 0 Å². The van der Waals surface area contributed by atoms with Gasteiger partial charge in [-0.25, -0.2) is 0 Å². The average Bonchev–Trinajstić information content (AvgIpc) is 2.44. The first-order valence-corrected chi connectivity index (χ1v) is 8.30. The first-order chi connectivity index (χ1) is 9.60. The van der Waals surface area contributed by atoms with E-state index in [-0.39, 0.29) is 0 Å². The third-order valence-corrected chi connectivity index (χ3v) is 4.72. The molecular weight excluding hydrogens is 308 g/mol. The summed E-state index contributed by atoms with van der Waals surface area (Å²) in [5, 5.41) is 0. The van der Waals surface area contributed by atoms with Crippen LogP contribution in [0.15, 0.2) is 42.5 Å². The molecule has 1 heteroatoms. The Labute approximate surface area is 131 Å². The number of hydrogen-bond donors (Lipinski definition) is 0. The van der Waals surface area contributed by atoms with Gasteiger partial charge in [0.2, 0.25) is 0 Å². The van der Waals surface area contributed by atoms with E-state index in [1.165, 1.54) is 40.7 Å². The third-order valence-electron chi connectivity index (χ3n) is 3.87. The van der Waals surface area contributed by atoms with Crippen molar-refractivity contribution in [2.75, 3.05) is 0 Å². The Morgan fingerprint density at radius 3 is 2.15 bits per heavy atom. The molecule has 0 spiro atoms. The van der Waals surface area contributed by atoms with Gasteiger partial charge in [0, 0.05) is 4.83 Å². The molecular formula is C19H23Br. The van der Waals surface area contributed by atoms with Crippen LogP contribution in [-0.2, 0) is 12.8 Å². The molecule has 0 amide bonds. The number of halogens is 1. The van der Waals surface area contributed by atoms with Crippen LogP contribution in [0.1, 0.15) is 46.0 Å². The molecule has 20 heavy (non-hydrogen) atoms. The van der Waals surface area contributed by atoms with Gasteiger partial charge in [0.05, 0.1) is 0 Å². The van der Waals surface area contributed by atoms with Gasteiger partial charge in [0.15, 0.2) is 0 Å². The van der Waals surface area contributed by atoms with Gasteiger partial charge in [-0.1, -0.05) is 71.7 Å². The van der Waals surface area contributed by atoms with Crippen LogP contribution in [0.3, 0.4) is 0 Å². The van der Waals surface area contributed by atoms with Gasteiger partial charge in [0.1, 0.15) is 0 Å². The van der Waals surface area contributed by atoms with Crippen molar-refractivity contribution in [1.29, 1.82) is 0 Å². The standard InChI is InChI=1S/C19H23Br/c1-4-5-16-8-10-18(11-9-16)19(20)13-17-7-6-14(2)15(3)12-17/h6-12,19H,4-5,13H2,1-3H3. The number of alkyl halides is 1. The van der Waals surface area contributed by atoms with Crippen molar-refractivity contribution < 1.29 is 0 Å². The second-order valence-electron chi connectivity index (χ2n) is 5.58. The predicted molar refractivity (Wildman–Crippen MR) is 91.7 cm³/mol. The molecule has 0 N–H and O–H groups in total. The van der Waals surface area contributed by atoms with Gasteiger partial charge in [-0.15, -0.1) is 0 Å². The Morgan fingerprint density at radius 2 is 1.55 bits per heavy atom. The van der Waals surface area contributed by atoms with Crippen LogP contribution >= 0.6 is 15.9 Å². The predicted octanol–water partition coefficient (Wildman–Crippen LogP) is 5.93. The minimum Gasteiger partial charge on any atom is -0.0835 e. The van der Waals surface area contributed by atoms with Gasteiger partial charge in [0.25, 0.3) is 0 Å². The molecule has 1 unspecified atom stereocenters. The van der Waals surface area contributed by atoms with E-state index in [0.717, 1.165) is 6.42 Å². The Hall–Kier alpha value is -1.08. The van der Waals surface area contributed by atoms with Crippen LogP contribution in [0.25, 0.3) is 0 Å². The zero-order chi connectivity index (χ0) is 14.5. The van der Waals surface area contributed by atoms with E-state index in [1.807, 2.05) is 0 Å². The summed E-state index contributed by atoms with van der Waals surface area (Å²) in [5.41, 5.74) is 6.93. The fraction of sp³-hybridized carbons (Fsp3) is 0.368. The molecule has 1 atom stereocenters. The Balaban J connectivity index is 2.06. The molecule has 2 rings (SSSR count). The highest BCUT2D eigenvalue weighted by Crippen LogP contribution is 2.28. The van der Waals surface area contributed by atoms with Crippen molar-refractivity contribution in [3.05, 3.63) is 70.3 Å². The summed E-state index contributed by atoms with van der Waals surface area (Å²) in [7, 11) is 0. The topological polar surface area (TPSA) is 0 Å². The van der Waals surface area contributed by atoms with Crippen LogP contribution in [0, 0.1) is 13.8 Å². The molecule has 0 aliphatic rings. The maximum absolute atomic E-state index is 3.83. The maximum atomic E-state index is 3.83. The fourth-order valence-corrected chi connectivity index (χ4v) is 3.12. The largest absolute Gasteiger partial charge is 0.0835 e. The molecule has 2 aromatic carbocycles. The SMILES string of the molecule is CCCc1ccc(C(Br)Cc2ccc(C)c(C)c2)cc1. The molecule has 0 aliphatic heterocycles. The molecule has 0 radical (unpaired) electrons. The normalized spacial score (nSPS) is 12.4. The summed E-state index contributed by atoms with van der Waals surface area (Å²) in [6.07, 6.45) is 3.42. The number of rotatable bonds is 5. The summed E-state index contributed by atoms with van der Waals surface area (Å²) in [6, 6.07) is 15.8. The first-order valence-electron chi connectivity index (χ1n) is 7.39. The van der Waals surface area contributed by atoms with Crippen molar-refractivity contribution >= 4 is 15.9 Å². The van der Waals surface area contributed by atoms with Gasteiger partial charge >= 0.3 is 0 Å². The van der Waals surface area contributed by atoms with E-state index in [1.54, 1.807) is 0 Å². The molecule has 2 aromatic rings. The molecule has 0 aliphatic carbocycles. The summed E-state index contributed by atoms with van der Waals surface area (Å²) in [6.45, 7) is 6.57. The fourth-order valence-electron chi connectivity index (χ4n) is 2.44. The van der Waals surface area contributed by atoms with Crippen LogP contribution in [0.5, 0.6) is 0 Å². The summed E-state index contributed by atoms with van der Waals surface area (Å²) < 4.78 is 0. The monoisotopic (exact) mass is 330 g/mol. The van der Waals surface area contributed by atoms with Crippen molar-refractivity contribution in [3.8, 4) is 0 Å². The van der Waals surface area contributed by atoms with Gasteiger partial charge in [-0.3, -0.25) is 0 Å². The third kappa shape index (κ3) is 3.96. The quantitative estimate of drug-likeness (QED) is 0.595. The highest BCUT2D eigenvalue weighted by molar-refractivity contribution is 9.09. The molecule has 0 heterocycles. The van der Waals surface area contributed by atoms with Crippen LogP contribution in [0.4, 0.5) is 0 Å². The number of hydrogen-bond acceptors (Lipinski definition) is 0.